The van der Waals surface area contributed by atoms with Crippen LogP contribution in [0.2, 0.25) is 0 Å². The Kier molecular flexibility index (Phi) is 3.92. The summed E-state index contributed by atoms with van der Waals surface area (Å²) in [6, 6.07) is 6.60. The molecule has 0 unspecified atom stereocenters. The largest absolute Gasteiger partial charge is 0.439 e. The van der Waals surface area contributed by atoms with Crippen LogP contribution < -0.4 is 15.0 Å². The molecule has 2 aromatic rings. The average Bonchev–Trinajstić information content (AvgIpc) is 3.05. The number of nitrogens with one attached hydrogen (secondary N) is 1. The Morgan fingerprint density at radius 3 is 2.74 bits per heavy atom. The number of carbonyl (C=O) groups excluding carboxylic acids is 2. The fourth-order valence-corrected chi connectivity index (χ4v) is 3.38. The summed E-state index contributed by atoms with van der Waals surface area (Å²) in [5.74, 6) is 0.797. The first-order valence-corrected chi connectivity index (χ1v) is 8.82. The number of fused-ring (bicyclic) bond motifs is 1. The number of pyridine rings is 1. The Morgan fingerprint density at radius 2 is 2.07 bits per heavy atom. The molecule has 27 heavy (non-hydrogen) atoms. The van der Waals surface area contributed by atoms with E-state index in [1.807, 2.05) is 39.0 Å². The molecule has 3 heterocycles. The minimum Gasteiger partial charge on any atom is -0.439 e. The summed E-state index contributed by atoms with van der Waals surface area (Å²) in [6.07, 6.45) is 1.47. The molecule has 1 fully saturated rings. The van der Waals surface area contributed by atoms with E-state index in [4.69, 9.17) is 9.47 Å². The minimum atomic E-state index is -0.536. The lowest BCUT2D eigenvalue weighted by atomic mass is 9.96. The standard InChI is InChI=1S/C20H21N3O4/c1-11-7-14(23-18(24)12(2)22-19(23)25)9-21-17(11)27-15-6-5-13-10-26-20(3,4)16(13)8-15/h5-9,12H,10H2,1-4H3,(H,22,25)/t12-/m0/s1. The molecule has 0 bridgehead atoms. The molecular formula is C20H21N3O4. The fourth-order valence-electron chi connectivity index (χ4n) is 3.38. The minimum absolute atomic E-state index is 0.296. The number of aromatic nitrogens is 1. The van der Waals surface area contributed by atoms with E-state index in [-0.39, 0.29) is 11.5 Å². The number of hydrogen-bond donors (Lipinski definition) is 1. The summed E-state index contributed by atoms with van der Waals surface area (Å²) in [6.45, 7) is 8.13. The lowest BCUT2D eigenvalue weighted by molar-refractivity contribution is -0.117. The summed E-state index contributed by atoms with van der Waals surface area (Å²) >= 11 is 0. The van der Waals surface area contributed by atoms with Gasteiger partial charge in [-0.25, -0.2) is 14.7 Å². The van der Waals surface area contributed by atoms with Crippen LogP contribution in [0.15, 0.2) is 30.5 Å². The molecule has 7 nitrogen and oxygen atoms in total. The summed E-state index contributed by atoms with van der Waals surface area (Å²) in [5, 5.41) is 2.59. The van der Waals surface area contributed by atoms with Crippen molar-refractivity contribution in [3.8, 4) is 11.6 Å². The van der Waals surface area contributed by atoms with Crippen molar-refractivity contribution in [1.82, 2.24) is 10.3 Å². The summed E-state index contributed by atoms with van der Waals surface area (Å²) in [4.78, 5) is 29.5. The Balaban J connectivity index is 1.60. The van der Waals surface area contributed by atoms with Gasteiger partial charge in [0, 0.05) is 5.56 Å². The SMILES string of the molecule is Cc1cc(N2C(=O)N[C@@H](C)C2=O)cnc1Oc1ccc2c(c1)C(C)(C)OC2. The molecule has 0 aliphatic carbocycles. The van der Waals surface area contributed by atoms with Crippen molar-refractivity contribution in [2.45, 2.75) is 45.9 Å². The van der Waals surface area contributed by atoms with Gasteiger partial charge in [-0.05, 0) is 57.0 Å². The summed E-state index contributed by atoms with van der Waals surface area (Å²) < 4.78 is 11.7. The maximum atomic E-state index is 12.1. The monoisotopic (exact) mass is 367 g/mol. The number of ether oxygens (including phenoxy) is 2. The van der Waals surface area contributed by atoms with Gasteiger partial charge in [0.05, 0.1) is 24.1 Å². The second kappa shape index (κ2) is 6.06. The van der Waals surface area contributed by atoms with E-state index in [9.17, 15) is 9.59 Å². The zero-order valence-electron chi connectivity index (χ0n) is 15.7. The molecule has 1 N–H and O–H groups in total. The van der Waals surface area contributed by atoms with E-state index in [2.05, 4.69) is 10.3 Å². The van der Waals surface area contributed by atoms with Gasteiger partial charge in [0.2, 0.25) is 5.88 Å². The average molecular weight is 367 g/mol. The zero-order valence-corrected chi connectivity index (χ0v) is 15.7. The number of carbonyl (C=O) groups is 2. The molecule has 0 saturated carbocycles. The molecule has 2 aliphatic rings. The van der Waals surface area contributed by atoms with Crippen molar-refractivity contribution < 1.29 is 19.1 Å². The number of rotatable bonds is 3. The Bertz CT molecular complexity index is 954. The van der Waals surface area contributed by atoms with Gasteiger partial charge in [0.25, 0.3) is 5.91 Å². The summed E-state index contributed by atoms with van der Waals surface area (Å²) in [5.41, 5.74) is 3.06. The number of imide groups is 1. The molecule has 7 heteroatoms. The molecule has 3 amide bonds. The van der Waals surface area contributed by atoms with Gasteiger partial charge in [-0.3, -0.25) is 4.79 Å². The van der Waals surface area contributed by atoms with Crippen molar-refractivity contribution in [3.63, 3.8) is 0 Å². The van der Waals surface area contributed by atoms with Crippen molar-refractivity contribution in [1.29, 1.82) is 0 Å². The maximum absolute atomic E-state index is 12.1. The molecular weight excluding hydrogens is 346 g/mol. The highest BCUT2D eigenvalue weighted by Gasteiger charge is 2.36. The van der Waals surface area contributed by atoms with Gasteiger partial charge in [-0.1, -0.05) is 6.07 Å². The van der Waals surface area contributed by atoms with E-state index >= 15 is 0 Å². The fraction of sp³-hybridized carbons (Fsp3) is 0.350. The number of aryl methyl sites for hydroxylation is 1. The van der Waals surface area contributed by atoms with Crippen LogP contribution in [0, 0.1) is 6.92 Å². The number of urea groups is 1. The predicted molar refractivity (Wildman–Crippen MR) is 98.8 cm³/mol. The molecule has 0 spiro atoms. The molecule has 1 aromatic carbocycles. The number of benzene rings is 1. The smallest absolute Gasteiger partial charge is 0.329 e. The molecule has 0 radical (unpaired) electrons. The van der Waals surface area contributed by atoms with Gasteiger partial charge in [0.15, 0.2) is 0 Å². The van der Waals surface area contributed by atoms with Crippen LogP contribution in [0.4, 0.5) is 10.5 Å². The van der Waals surface area contributed by atoms with Gasteiger partial charge in [-0.15, -0.1) is 0 Å². The highest BCUT2D eigenvalue weighted by Crippen LogP contribution is 2.38. The van der Waals surface area contributed by atoms with Crippen LogP contribution in [-0.4, -0.2) is 23.0 Å². The first kappa shape index (κ1) is 17.5. The molecule has 140 valence electrons. The van der Waals surface area contributed by atoms with Crippen LogP contribution in [0.5, 0.6) is 11.6 Å². The van der Waals surface area contributed by atoms with Crippen LogP contribution >= 0.6 is 0 Å². The van der Waals surface area contributed by atoms with Gasteiger partial charge in [-0.2, -0.15) is 0 Å². The maximum Gasteiger partial charge on any atom is 0.329 e. The lowest BCUT2D eigenvalue weighted by Gasteiger charge is -2.19. The number of nitrogens with zero attached hydrogens (tertiary/aromatic N) is 2. The van der Waals surface area contributed by atoms with Crippen molar-refractivity contribution in [2.24, 2.45) is 0 Å². The van der Waals surface area contributed by atoms with E-state index in [1.165, 1.54) is 6.20 Å². The van der Waals surface area contributed by atoms with Gasteiger partial charge in [0.1, 0.15) is 11.8 Å². The normalized spacial score (nSPS) is 20.6. The first-order valence-electron chi connectivity index (χ1n) is 8.82. The van der Waals surface area contributed by atoms with Gasteiger partial charge >= 0.3 is 6.03 Å². The molecule has 1 saturated heterocycles. The third-order valence-corrected chi connectivity index (χ3v) is 4.94. The second-order valence-electron chi connectivity index (χ2n) is 7.38. The van der Waals surface area contributed by atoms with Crippen LogP contribution in [0.1, 0.15) is 37.5 Å². The summed E-state index contributed by atoms with van der Waals surface area (Å²) in [7, 11) is 0. The van der Waals surface area contributed by atoms with E-state index in [0.29, 0.717) is 23.9 Å². The molecule has 1 aromatic heterocycles. The highest BCUT2D eigenvalue weighted by molar-refractivity contribution is 6.21. The lowest BCUT2D eigenvalue weighted by Crippen LogP contribution is -2.31. The van der Waals surface area contributed by atoms with E-state index in [1.54, 1.807) is 13.0 Å². The van der Waals surface area contributed by atoms with Crippen LogP contribution in [0.3, 0.4) is 0 Å². The van der Waals surface area contributed by atoms with Crippen molar-refractivity contribution >= 4 is 17.6 Å². The first-order chi connectivity index (χ1) is 12.8. The van der Waals surface area contributed by atoms with Crippen molar-refractivity contribution in [3.05, 3.63) is 47.2 Å². The number of hydrogen-bond acceptors (Lipinski definition) is 5. The Labute approximate surface area is 157 Å². The Hall–Kier alpha value is -2.93. The predicted octanol–water partition coefficient (Wildman–Crippen LogP) is 3.39. The molecule has 1 atom stereocenters. The number of anilines is 1. The second-order valence-corrected chi connectivity index (χ2v) is 7.38. The zero-order chi connectivity index (χ0) is 19.3. The van der Waals surface area contributed by atoms with Crippen LogP contribution in [-0.2, 0) is 21.7 Å². The third-order valence-electron chi connectivity index (χ3n) is 4.94. The van der Waals surface area contributed by atoms with Crippen molar-refractivity contribution in [2.75, 3.05) is 4.90 Å². The van der Waals surface area contributed by atoms with Gasteiger partial charge < -0.3 is 14.8 Å². The quantitative estimate of drug-likeness (QED) is 0.841. The topological polar surface area (TPSA) is 80.8 Å². The van der Waals surface area contributed by atoms with E-state index in [0.717, 1.165) is 21.6 Å². The highest BCUT2D eigenvalue weighted by atomic mass is 16.5. The van der Waals surface area contributed by atoms with Crippen LogP contribution in [0.25, 0.3) is 0 Å². The third kappa shape index (κ3) is 2.94. The molecule has 4 rings (SSSR count). The van der Waals surface area contributed by atoms with E-state index < -0.39 is 12.1 Å². The Morgan fingerprint density at radius 1 is 1.30 bits per heavy atom. The molecule has 2 aliphatic heterocycles. The number of amides is 3.